The van der Waals surface area contributed by atoms with Crippen LogP contribution >= 0.6 is 34.5 Å². The average molecular weight is 317 g/mol. The third kappa shape index (κ3) is 3.61. The lowest BCUT2D eigenvalue weighted by atomic mass is 10.1. The molecule has 3 N–H and O–H groups in total. The minimum Gasteiger partial charge on any atom is -0.496 e. The number of benzene rings is 1. The zero-order valence-electron chi connectivity index (χ0n) is 10.3. The Morgan fingerprint density at radius 3 is 2.79 bits per heavy atom. The van der Waals surface area contributed by atoms with Gasteiger partial charge in [-0.25, -0.2) is 0 Å². The highest BCUT2D eigenvalue weighted by molar-refractivity contribution is 7.10. The Kier molecular flexibility index (Phi) is 5.07. The largest absolute Gasteiger partial charge is 0.496 e. The van der Waals surface area contributed by atoms with Crippen molar-refractivity contribution < 1.29 is 4.74 Å². The molecule has 0 saturated heterocycles. The highest BCUT2D eigenvalue weighted by atomic mass is 35.5. The lowest BCUT2D eigenvalue weighted by Crippen LogP contribution is -2.29. The van der Waals surface area contributed by atoms with Gasteiger partial charge in [-0.3, -0.25) is 11.3 Å². The second-order valence-electron chi connectivity index (χ2n) is 4.05. The second kappa shape index (κ2) is 6.59. The topological polar surface area (TPSA) is 47.3 Å². The van der Waals surface area contributed by atoms with Gasteiger partial charge in [-0.2, -0.15) is 0 Å². The summed E-state index contributed by atoms with van der Waals surface area (Å²) < 4.78 is 5.18. The van der Waals surface area contributed by atoms with Gasteiger partial charge < -0.3 is 4.74 Å². The molecule has 0 aliphatic heterocycles. The number of thiophene rings is 1. The molecule has 0 saturated carbocycles. The number of hydrogen-bond acceptors (Lipinski definition) is 4. The molecule has 1 atom stereocenters. The van der Waals surface area contributed by atoms with Gasteiger partial charge in [0.25, 0.3) is 0 Å². The van der Waals surface area contributed by atoms with E-state index in [1.807, 2.05) is 17.5 Å². The summed E-state index contributed by atoms with van der Waals surface area (Å²) in [6.07, 6.45) is 0.666. The van der Waals surface area contributed by atoms with E-state index in [0.717, 1.165) is 16.2 Å². The number of rotatable bonds is 5. The zero-order chi connectivity index (χ0) is 13.8. The van der Waals surface area contributed by atoms with Gasteiger partial charge in [0.1, 0.15) is 5.75 Å². The van der Waals surface area contributed by atoms with Gasteiger partial charge in [-0.15, -0.1) is 11.3 Å². The zero-order valence-corrected chi connectivity index (χ0v) is 12.6. The van der Waals surface area contributed by atoms with Crippen molar-refractivity contribution in [2.45, 2.75) is 12.5 Å². The summed E-state index contributed by atoms with van der Waals surface area (Å²) in [5.74, 6) is 6.46. The Morgan fingerprint density at radius 2 is 2.16 bits per heavy atom. The van der Waals surface area contributed by atoms with E-state index in [0.29, 0.717) is 16.5 Å². The fourth-order valence-electron chi connectivity index (χ4n) is 1.79. The van der Waals surface area contributed by atoms with E-state index in [1.54, 1.807) is 30.6 Å². The van der Waals surface area contributed by atoms with E-state index in [2.05, 4.69) is 5.43 Å². The minimum atomic E-state index is -0.0233. The van der Waals surface area contributed by atoms with E-state index in [-0.39, 0.29) is 6.04 Å². The molecule has 0 bridgehead atoms. The fraction of sp³-hybridized carbons (Fsp3) is 0.231. The quantitative estimate of drug-likeness (QED) is 0.651. The van der Waals surface area contributed by atoms with Crippen LogP contribution in [0.5, 0.6) is 5.75 Å². The molecule has 0 spiro atoms. The molecule has 0 fully saturated rings. The molecule has 0 radical (unpaired) electrons. The second-order valence-corrected chi connectivity index (χ2v) is 5.83. The van der Waals surface area contributed by atoms with Gasteiger partial charge in [0.15, 0.2) is 0 Å². The maximum absolute atomic E-state index is 6.17. The summed E-state index contributed by atoms with van der Waals surface area (Å²) in [5, 5.41) is 3.30. The lowest BCUT2D eigenvalue weighted by Gasteiger charge is -2.15. The standard InChI is InChI=1S/C13H14Cl2N2OS/c1-18-10-6-13(19-7-10)12(17-16)5-8-4-9(14)2-3-11(8)15/h2-4,6-7,12,17H,5,16H2,1H3. The molecule has 6 heteroatoms. The van der Waals surface area contributed by atoms with Gasteiger partial charge in [0.05, 0.1) is 13.2 Å². The van der Waals surface area contributed by atoms with Crippen LogP contribution in [0.4, 0.5) is 0 Å². The summed E-state index contributed by atoms with van der Waals surface area (Å²) in [6, 6.07) is 7.37. The van der Waals surface area contributed by atoms with Crippen LogP contribution in [-0.2, 0) is 6.42 Å². The molecule has 3 nitrogen and oxygen atoms in total. The monoisotopic (exact) mass is 316 g/mol. The third-order valence-corrected chi connectivity index (χ3v) is 4.44. The lowest BCUT2D eigenvalue weighted by molar-refractivity contribution is 0.415. The molecule has 102 valence electrons. The maximum Gasteiger partial charge on any atom is 0.129 e. The molecule has 2 rings (SSSR count). The van der Waals surface area contributed by atoms with Gasteiger partial charge >= 0.3 is 0 Å². The maximum atomic E-state index is 6.17. The SMILES string of the molecule is COc1csc(C(Cc2cc(Cl)ccc2Cl)NN)c1. The molecule has 1 heterocycles. The summed E-state index contributed by atoms with van der Waals surface area (Å²) in [6.45, 7) is 0. The van der Waals surface area contributed by atoms with E-state index in [9.17, 15) is 0 Å². The number of hydrogen-bond donors (Lipinski definition) is 2. The first kappa shape index (κ1) is 14.6. The van der Waals surface area contributed by atoms with Crippen LogP contribution in [0.2, 0.25) is 10.0 Å². The van der Waals surface area contributed by atoms with Gasteiger partial charge in [0, 0.05) is 20.3 Å². The molecule has 19 heavy (non-hydrogen) atoms. The predicted octanol–water partition coefficient (Wildman–Crippen LogP) is 3.81. The summed E-state index contributed by atoms with van der Waals surface area (Å²) in [7, 11) is 1.64. The van der Waals surface area contributed by atoms with Crippen molar-refractivity contribution in [3.63, 3.8) is 0 Å². The molecule has 2 aromatic rings. The minimum absolute atomic E-state index is 0.0233. The van der Waals surface area contributed by atoms with Gasteiger partial charge in [0.2, 0.25) is 0 Å². The number of ether oxygens (including phenoxy) is 1. The smallest absolute Gasteiger partial charge is 0.129 e. The van der Waals surface area contributed by atoms with E-state index in [4.69, 9.17) is 33.8 Å². The molecule has 0 aliphatic rings. The van der Waals surface area contributed by atoms with Crippen LogP contribution in [-0.4, -0.2) is 7.11 Å². The Balaban J connectivity index is 2.21. The van der Waals surface area contributed by atoms with Crippen molar-refractivity contribution in [1.82, 2.24) is 5.43 Å². The van der Waals surface area contributed by atoms with Gasteiger partial charge in [-0.05, 0) is 36.2 Å². The first-order valence-corrected chi connectivity index (χ1v) is 7.30. The van der Waals surface area contributed by atoms with Crippen LogP contribution in [0.1, 0.15) is 16.5 Å². The van der Waals surface area contributed by atoms with Crippen LogP contribution < -0.4 is 16.0 Å². The number of nitrogens with two attached hydrogens (primary N) is 1. The highest BCUT2D eigenvalue weighted by Gasteiger charge is 2.15. The van der Waals surface area contributed by atoms with E-state index < -0.39 is 0 Å². The highest BCUT2D eigenvalue weighted by Crippen LogP contribution is 2.31. The number of nitrogens with one attached hydrogen (secondary N) is 1. The molecular weight excluding hydrogens is 303 g/mol. The van der Waals surface area contributed by atoms with Gasteiger partial charge in [-0.1, -0.05) is 23.2 Å². The summed E-state index contributed by atoms with van der Waals surface area (Å²) >= 11 is 13.7. The number of methoxy groups -OCH3 is 1. The molecule has 1 aromatic carbocycles. The molecular formula is C13H14Cl2N2OS. The van der Waals surface area contributed by atoms with Crippen molar-refractivity contribution >= 4 is 34.5 Å². The molecule has 1 aromatic heterocycles. The third-order valence-electron chi connectivity index (χ3n) is 2.81. The van der Waals surface area contributed by atoms with Crippen LogP contribution in [0.25, 0.3) is 0 Å². The average Bonchev–Trinajstić information content (AvgIpc) is 2.88. The van der Waals surface area contributed by atoms with Crippen molar-refractivity contribution in [2.24, 2.45) is 5.84 Å². The Labute approximate surface area is 126 Å². The molecule has 1 unspecified atom stereocenters. The Morgan fingerprint density at radius 1 is 1.37 bits per heavy atom. The van der Waals surface area contributed by atoms with Crippen LogP contribution in [0.15, 0.2) is 29.6 Å². The van der Waals surface area contributed by atoms with Crippen LogP contribution in [0.3, 0.4) is 0 Å². The normalized spacial score (nSPS) is 12.4. The number of hydrazine groups is 1. The van der Waals surface area contributed by atoms with Crippen molar-refractivity contribution in [3.05, 3.63) is 50.1 Å². The van der Waals surface area contributed by atoms with E-state index in [1.165, 1.54) is 0 Å². The van der Waals surface area contributed by atoms with Crippen LogP contribution in [0, 0.1) is 0 Å². The van der Waals surface area contributed by atoms with Crippen molar-refractivity contribution in [3.8, 4) is 5.75 Å². The van der Waals surface area contributed by atoms with Crippen molar-refractivity contribution in [1.29, 1.82) is 0 Å². The molecule has 0 aliphatic carbocycles. The van der Waals surface area contributed by atoms with E-state index >= 15 is 0 Å². The first-order valence-electron chi connectivity index (χ1n) is 5.66. The fourth-order valence-corrected chi connectivity index (χ4v) is 3.09. The number of halogens is 2. The van der Waals surface area contributed by atoms with Crippen molar-refractivity contribution in [2.75, 3.05) is 7.11 Å². The molecule has 0 amide bonds. The summed E-state index contributed by atoms with van der Waals surface area (Å²) in [4.78, 5) is 1.09. The summed E-state index contributed by atoms with van der Waals surface area (Å²) in [5.41, 5.74) is 3.77. The Hall–Kier alpha value is -0.780. The first-order chi connectivity index (χ1) is 9.13. The predicted molar refractivity (Wildman–Crippen MR) is 81.1 cm³/mol. The Bertz CT molecular complexity index is 559.